The summed E-state index contributed by atoms with van der Waals surface area (Å²) < 4.78 is 52.3. The van der Waals surface area contributed by atoms with Crippen molar-refractivity contribution < 1.29 is 17.9 Å². The number of halogens is 3. The predicted molar refractivity (Wildman–Crippen MR) is 165 cm³/mol. The van der Waals surface area contributed by atoms with Crippen molar-refractivity contribution in [3.63, 3.8) is 0 Å². The van der Waals surface area contributed by atoms with Gasteiger partial charge < -0.3 is 15.0 Å². The molecule has 1 N–H and O–H groups in total. The van der Waals surface area contributed by atoms with Crippen LogP contribution in [0.1, 0.15) is 35.6 Å². The van der Waals surface area contributed by atoms with Crippen LogP contribution in [-0.4, -0.2) is 79.6 Å². The molecular formula is C33H39F3N4O2S. The summed E-state index contributed by atoms with van der Waals surface area (Å²) in [5, 5.41) is 4.16. The van der Waals surface area contributed by atoms with Crippen molar-refractivity contribution in [2.75, 3.05) is 65.2 Å². The second-order valence-corrected chi connectivity index (χ2v) is 12.9. The molecular weight excluding hydrogens is 573 g/mol. The van der Waals surface area contributed by atoms with Gasteiger partial charge in [0.25, 0.3) is 5.56 Å². The number of piperazine rings is 1. The van der Waals surface area contributed by atoms with E-state index in [0.29, 0.717) is 28.5 Å². The molecule has 3 aliphatic rings. The third-order valence-corrected chi connectivity index (χ3v) is 10.6. The minimum atomic E-state index is -0.639. The Balaban J connectivity index is 1.33. The van der Waals surface area contributed by atoms with Gasteiger partial charge in [-0.15, -0.1) is 11.8 Å². The molecule has 2 saturated heterocycles. The molecule has 0 spiro atoms. The molecule has 0 saturated carbocycles. The molecule has 0 radical (unpaired) electrons. The average Bonchev–Trinajstić information content (AvgIpc) is 3.42. The van der Waals surface area contributed by atoms with Crippen molar-refractivity contribution in [2.24, 2.45) is 5.92 Å². The predicted octanol–water partition coefficient (Wildman–Crippen LogP) is 5.10. The van der Waals surface area contributed by atoms with E-state index in [2.05, 4.69) is 15.1 Å². The number of piperidine rings is 1. The van der Waals surface area contributed by atoms with Crippen molar-refractivity contribution in [2.45, 2.75) is 37.3 Å². The Morgan fingerprint density at radius 2 is 1.58 bits per heavy atom. The molecule has 10 heteroatoms. The van der Waals surface area contributed by atoms with Gasteiger partial charge in [-0.25, -0.2) is 13.2 Å². The zero-order chi connectivity index (χ0) is 30.1. The Kier molecular flexibility index (Phi) is 9.19. The third-order valence-electron chi connectivity index (χ3n) is 9.29. The first-order chi connectivity index (χ1) is 20.9. The van der Waals surface area contributed by atoms with Crippen LogP contribution in [0.5, 0.6) is 5.75 Å². The number of aromatic nitrogens is 1. The SMILES string of the molecule is COc1cccc(-c2c(C)c(Cc3c(F)cccc3F)c3n(c2=O)C(CN2CCN(CC4CCNCC4)CC2)CS3)c1F. The lowest BCUT2D eigenvalue weighted by molar-refractivity contribution is 0.102. The topological polar surface area (TPSA) is 49.7 Å². The van der Waals surface area contributed by atoms with Crippen LogP contribution in [0.2, 0.25) is 0 Å². The van der Waals surface area contributed by atoms with E-state index in [-0.39, 0.29) is 40.5 Å². The molecule has 0 aliphatic carbocycles. The lowest BCUT2D eigenvalue weighted by Crippen LogP contribution is -2.50. The summed E-state index contributed by atoms with van der Waals surface area (Å²) in [6.07, 6.45) is 2.43. The summed E-state index contributed by atoms with van der Waals surface area (Å²) in [6, 6.07) is 8.42. The fraction of sp³-hybridized carbons (Fsp3) is 0.485. The molecule has 43 heavy (non-hydrogen) atoms. The standard InChI is InChI=1S/C33H39F3N4O2S/c1-21-25(17-26-27(34)6-4-7-28(26)35)33-40(32(41)30(21)24-5-3-8-29(42-2)31(24)36)23(20-43-33)19-39-15-13-38(14-16-39)18-22-9-11-37-12-10-22/h3-8,22-23,37H,9-20H2,1-2H3. The number of hydrogen-bond donors (Lipinski definition) is 1. The monoisotopic (exact) mass is 612 g/mol. The first-order valence-corrected chi connectivity index (χ1v) is 16.2. The van der Waals surface area contributed by atoms with Crippen molar-refractivity contribution in [3.8, 4) is 16.9 Å². The lowest BCUT2D eigenvalue weighted by Gasteiger charge is -2.38. The number of benzene rings is 2. The van der Waals surface area contributed by atoms with E-state index in [1.54, 1.807) is 35.4 Å². The van der Waals surface area contributed by atoms with Crippen LogP contribution in [0.15, 0.2) is 46.2 Å². The summed E-state index contributed by atoms with van der Waals surface area (Å²) in [6.45, 7) is 9.63. The van der Waals surface area contributed by atoms with Crippen LogP contribution in [0, 0.1) is 30.3 Å². The maximum Gasteiger partial charge on any atom is 0.260 e. The van der Waals surface area contributed by atoms with Gasteiger partial charge in [0, 0.05) is 62.6 Å². The smallest absolute Gasteiger partial charge is 0.260 e. The first kappa shape index (κ1) is 30.2. The molecule has 1 aromatic heterocycles. The van der Waals surface area contributed by atoms with E-state index in [1.807, 2.05) is 0 Å². The van der Waals surface area contributed by atoms with Gasteiger partial charge in [-0.2, -0.15) is 0 Å². The zero-order valence-corrected chi connectivity index (χ0v) is 25.6. The zero-order valence-electron chi connectivity index (χ0n) is 24.8. The van der Waals surface area contributed by atoms with Crippen LogP contribution in [0.25, 0.3) is 11.1 Å². The van der Waals surface area contributed by atoms with Crippen LogP contribution >= 0.6 is 11.8 Å². The highest BCUT2D eigenvalue weighted by molar-refractivity contribution is 7.99. The van der Waals surface area contributed by atoms with Gasteiger partial charge in [-0.3, -0.25) is 14.3 Å². The minimum Gasteiger partial charge on any atom is -0.494 e. The van der Waals surface area contributed by atoms with Gasteiger partial charge in [-0.1, -0.05) is 18.2 Å². The van der Waals surface area contributed by atoms with Gasteiger partial charge in [0.1, 0.15) is 11.6 Å². The maximum absolute atomic E-state index is 15.6. The van der Waals surface area contributed by atoms with E-state index in [1.165, 1.54) is 44.2 Å². The van der Waals surface area contributed by atoms with E-state index in [4.69, 9.17) is 4.74 Å². The third kappa shape index (κ3) is 6.12. The Morgan fingerprint density at radius 3 is 2.26 bits per heavy atom. The molecule has 3 aliphatic heterocycles. The highest BCUT2D eigenvalue weighted by atomic mass is 32.2. The van der Waals surface area contributed by atoms with E-state index >= 15 is 4.39 Å². The molecule has 0 amide bonds. The van der Waals surface area contributed by atoms with Crippen LogP contribution in [0.3, 0.4) is 0 Å². The molecule has 3 aromatic rings. The highest BCUT2D eigenvalue weighted by Gasteiger charge is 2.34. The number of nitrogens with one attached hydrogen (secondary N) is 1. The van der Waals surface area contributed by atoms with Crippen molar-refractivity contribution in [1.29, 1.82) is 0 Å². The number of pyridine rings is 1. The fourth-order valence-corrected chi connectivity index (χ4v) is 8.22. The van der Waals surface area contributed by atoms with Gasteiger partial charge in [0.05, 0.1) is 23.7 Å². The average molecular weight is 613 g/mol. The molecule has 6 nitrogen and oxygen atoms in total. The molecule has 1 atom stereocenters. The van der Waals surface area contributed by atoms with Crippen LogP contribution in [0.4, 0.5) is 13.2 Å². The summed E-state index contributed by atoms with van der Waals surface area (Å²) in [5.74, 6) is -0.444. The Labute approximate surface area is 255 Å². The Morgan fingerprint density at radius 1 is 0.930 bits per heavy atom. The summed E-state index contributed by atoms with van der Waals surface area (Å²) in [4.78, 5) is 19.2. The van der Waals surface area contributed by atoms with E-state index in [9.17, 15) is 13.6 Å². The number of fused-ring (bicyclic) bond motifs is 1. The quantitative estimate of drug-likeness (QED) is 0.382. The first-order valence-electron chi connectivity index (χ1n) is 15.2. The maximum atomic E-state index is 15.6. The van der Waals surface area contributed by atoms with E-state index < -0.39 is 17.5 Å². The lowest BCUT2D eigenvalue weighted by atomic mass is 9.94. The summed E-state index contributed by atoms with van der Waals surface area (Å²) in [5.41, 5.74) is 1.20. The second kappa shape index (κ2) is 13.1. The molecule has 4 heterocycles. The van der Waals surface area contributed by atoms with Crippen molar-refractivity contribution in [1.82, 2.24) is 19.7 Å². The largest absolute Gasteiger partial charge is 0.494 e. The van der Waals surface area contributed by atoms with Gasteiger partial charge in [-0.05, 0) is 68.1 Å². The summed E-state index contributed by atoms with van der Waals surface area (Å²) >= 11 is 1.55. The molecule has 1 unspecified atom stereocenters. The minimum absolute atomic E-state index is 0.0341. The van der Waals surface area contributed by atoms with Gasteiger partial charge >= 0.3 is 0 Å². The number of rotatable bonds is 8. The van der Waals surface area contributed by atoms with Gasteiger partial charge in [0.15, 0.2) is 11.6 Å². The number of nitrogens with zero attached hydrogens (tertiary/aromatic N) is 3. The highest BCUT2D eigenvalue weighted by Crippen LogP contribution is 2.41. The number of methoxy groups -OCH3 is 1. The van der Waals surface area contributed by atoms with Crippen molar-refractivity contribution >= 4 is 11.8 Å². The second-order valence-electron chi connectivity index (χ2n) is 11.9. The molecule has 230 valence electrons. The van der Waals surface area contributed by atoms with E-state index in [0.717, 1.165) is 51.7 Å². The number of hydrogen-bond acceptors (Lipinski definition) is 6. The molecule has 6 rings (SSSR count). The number of ether oxygens (including phenoxy) is 1. The molecule has 2 aromatic carbocycles. The van der Waals surface area contributed by atoms with Crippen LogP contribution < -0.4 is 15.6 Å². The molecule has 2 fully saturated rings. The van der Waals surface area contributed by atoms with Gasteiger partial charge in [0.2, 0.25) is 0 Å². The Hall–Kier alpha value is -2.79. The number of thioether (sulfide) groups is 1. The Bertz CT molecular complexity index is 1510. The normalized spacial score (nSPS) is 20.0. The van der Waals surface area contributed by atoms with Crippen LogP contribution in [-0.2, 0) is 6.42 Å². The molecule has 0 bridgehead atoms. The fourth-order valence-electron chi connectivity index (χ4n) is 6.85. The van der Waals surface area contributed by atoms with Crippen molar-refractivity contribution in [3.05, 3.63) is 80.9 Å². The summed E-state index contributed by atoms with van der Waals surface area (Å²) in [7, 11) is 1.38.